The minimum Gasteiger partial charge on any atom is -0.378 e. The van der Waals surface area contributed by atoms with Crippen molar-refractivity contribution >= 4 is 11.8 Å². The molecule has 0 aromatic rings. The summed E-state index contributed by atoms with van der Waals surface area (Å²) in [5.74, 6) is 8.07. The number of thioether (sulfide) groups is 1. The van der Waals surface area contributed by atoms with Gasteiger partial charge in [-0.2, -0.15) is 11.8 Å². The molecule has 0 saturated heterocycles. The lowest BCUT2D eigenvalue weighted by Crippen LogP contribution is -2.32. The predicted octanol–water partition coefficient (Wildman–Crippen LogP) is 3.49. The van der Waals surface area contributed by atoms with Gasteiger partial charge < -0.3 is 5.11 Å². The highest BCUT2D eigenvalue weighted by molar-refractivity contribution is 7.99. The van der Waals surface area contributed by atoms with Crippen LogP contribution < -0.4 is 0 Å². The van der Waals surface area contributed by atoms with Gasteiger partial charge in [-0.25, -0.2) is 0 Å². The molecule has 0 heterocycles. The monoisotopic (exact) mass is 240 g/mol. The molecule has 0 radical (unpaired) electrons. The zero-order valence-electron chi connectivity index (χ0n) is 11.0. The Kier molecular flexibility index (Phi) is 7.62. The van der Waals surface area contributed by atoms with E-state index in [0.717, 1.165) is 11.3 Å². The molecular formula is C14H24OS. The molecule has 0 aromatic heterocycles. The highest BCUT2D eigenvalue weighted by Crippen LogP contribution is 2.21. The van der Waals surface area contributed by atoms with Gasteiger partial charge in [-0.15, -0.1) is 0 Å². The summed E-state index contributed by atoms with van der Waals surface area (Å²) in [5.41, 5.74) is -0.107. The van der Waals surface area contributed by atoms with E-state index in [9.17, 15) is 5.11 Å². The first-order chi connectivity index (χ1) is 7.40. The topological polar surface area (TPSA) is 20.2 Å². The molecule has 0 aromatic carbocycles. The minimum atomic E-state index is -0.905. The van der Waals surface area contributed by atoms with Gasteiger partial charge in [0.25, 0.3) is 0 Å². The number of unbranched alkanes of at least 4 members (excludes halogenated alkanes) is 1. The largest absolute Gasteiger partial charge is 0.378 e. The third-order valence-corrected chi connectivity index (χ3v) is 3.81. The van der Waals surface area contributed by atoms with E-state index in [-0.39, 0.29) is 5.92 Å². The Morgan fingerprint density at radius 2 is 2.19 bits per heavy atom. The van der Waals surface area contributed by atoms with Crippen molar-refractivity contribution in [3.05, 3.63) is 12.2 Å². The van der Waals surface area contributed by atoms with E-state index < -0.39 is 5.60 Å². The SMILES string of the molecule is C=C(C)C#CC(C)(O)C(C)CSCCCC. The fourth-order valence-corrected chi connectivity index (χ4v) is 2.36. The lowest BCUT2D eigenvalue weighted by atomic mass is 9.93. The smallest absolute Gasteiger partial charge is 0.126 e. The van der Waals surface area contributed by atoms with Crippen molar-refractivity contribution in [2.24, 2.45) is 5.92 Å². The highest BCUT2D eigenvalue weighted by atomic mass is 32.2. The summed E-state index contributed by atoms with van der Waals surface area (Å²) in [7, 11) is 0. The van der Waals surface area contributed by atoms with Gasteiger partial charge in [0.2, 0.25) is 0 Å². The van der Waals surface area contributed by atoms with E-state index in [1.165, 1.54) is 18.6 Å². The van der Waals surface area contributed by atoms with Gasteiger partial charge in [0, 0.05) is 5.92 Å². The molecule has 2 heteroatoms. The lowest BCUT2D eigenvalue weighted by molar-refractivity contribution is 0.0747. The summed E-state index contributed by atoms with van der Waals surface area (Å²) in [5, 5.41) is 10.2. The zero-order chi connectivity index (χ0) is 12.6. The minimum absolute atomic E-state index is 0.182. The Bertz CT molecular complexity index is 270. The normalized spacial score (nSPS) is 15.8. The maximum Gasteiger partial charge on any atom is 0.126 e. The number of aliphatic hydroxyl groups is 1. The maximum absolute atomic E-state index is 10.2. The fraction of sp³-hybridized carbons (Fsp3) is 0.714. The third-order valence-electron chi connectivity index (χ3n) is 2.50. The standard InChI is InChI=1S/C14H24OS/c1-6-7-10-16-11-13(4)14(5,15)9-8-12(2)3/h13,15H,2,6-7,10-11H2,1,3-5H3. The van der Waals surface area contributed by atoms with Gasteiger partial charge in [-0.05, 0) is 37.3 Å². The Morgan fingerprint density at radius 1 is 1.56 bits per heavy atom. The van der Waals surface area contributed by atoms with Gasteiger partial charge in [0.1, 0.15) is 5.60 Å². The molecule has 0 aliphatic carbocycles. The second kappa shape index (κ2) is 7.81. The fourth-order valence-electron chi connectivity index (χ4n) is 1.03. The average molecular weight is 240 g/mol. The molecule has 0 aliphatic heterocycles. The van der Waals surface area contributed by atoms with Crippen molar-refractivity contribution in [2.45, 2.75) is 46.1 Å². The second-order valence-corrected chi connectivity index (χ2v) is 5.66. The van der Waals surface area contributed by atoms with E-state index in [1.807, 2.05) is 25.6 Å². The van der Waals surface area contributed by atoms with Crippen molar-refractivity contribution in [3.8, 4) is 11.8 Å². The summed E-state index contributed by atoms with van der Waals surface area (Å²) < 4.78 is 0. The number of hydrogen-bond acceptors (Lipinski definition) is 2. The van der Waals surface area contributed by atoms with Crippen LogP contribution >= 0.6 is 11.8 Å². The van der Waals surface area contributed by atoms with Crippen LogP contribution in [-0.4, -0.2) is 22.2 Å². The van der Waals surface area contributed by atoms with E-state index in [1.54, 1.807) is 6.92 Å². The molecule has 1 nitrogen and oxygen atoms in total. The molecule has 16 heavy (non-hydrogen) atoms. The average Bonchev–Trinajstić information content (AvgIpc) is 2.21. The maximum atomic E-state index is 10.2. The first kappa shape index (κ1) is 15.6. The van der Waals surface area contributed by atoms with E-state index in [2.05, 4.69) is 25.3 Å². The number of rotatable bonds is 6. The van der Waals surface area contributed by atoms with Gasteiger partial charge in [0.15, 0.2) is 0 Å². The lowest BCUT2D eigenvalue weighted by Gasteiger charge is -2.24. The number of hydrogen-bond donors (Lipinski definition) is 1. The van der Waals surface area contributed by atoms with Crippen molar-refractivity contribution in [1.82, 2.24) is 0 Å². The van der Waals surface area contributed by atoms with Crippen LogP contribution in [0.3, 0.4) is 0 Å². The summed E-state index contributed by atoms with van der Waals surface area (Å²) in [6.07, 6.45) is 2.48. The van der Waals surface area contributed by atoms with Crippen LogP contribution in [0.5, 0.6) is 0 Å². The van der Waals surface area contributed by atoms with Crippen LogP contribution in [0.15, 0.2) is 12.2 Å². The number of allylic oxidation sites excluding steroid dienone is 1. The molecule has 92 valence electrons. The zero-order valence-corrected chi connectivity index (χ0v) is 11.8. The van der Waals surface area contributed by atoms with E-state index in [0.29, 0.717) is 0 Å². The summed E-state index contributed by atoms with van der Waals surface area (Å²) >= 11 is 1.90. The van der Waals surface area contributed by atoms with Crippen molar-refractivity contribution < 1.29 is 5.11 Å². The third kappa shape index (κ3) is 6.98. The van der Waals surface area contributed by atoms with Crippen LogP contribution in [0.25, 0.3) is 0 Å². The molecule has 0 amide bonds. The Hall–Kier alpha value is -0.390. The van der Waals surface area contributed by atoms with Crippen LogP contribution in [-0.2, 0) is 0 Å². The van der Waals surface area contributed by atoms with Gasteiger partial charge in [-0.3, -0.25) is 0 Å². The summed E-state index contributed by atoms with van der Waals surface area (Å²) in [6, 6.07) is 0. The Labute approximate surface area is 105 Å². The molecule has 0 aliphatic rings. The van der Waals surface area contributed by atoms with Gasteiger partial charge in [-0.1, -0.05) is 38.7 Å². The van der Waals surface area contributed by atoms with E-state index in [4.69, 9.17) is 0 Å². The predicted molar refractivity (Wildman–Crippen MR) is 74.6 cm³/mol. The molecule has 1 N–H and O–H groups in total. The first-order valence-electron chi connectivity index (χ1n) is 5.89. The van der Waals surface area contributed by atoms with Crippen LogP contribution in [0.1, 0.15) is 40.5 Å². The van der Waals surface area contributed by atoms with Gasteiger partial charge in [0.05, 0.1) is 0 Å². The van der Waals surface area contributed by atoms with Crippen molar-refractivity contribution in [3.63, 3.8) is 0 Å². The van der Waals surface area contributed by atoms with Gasteiger partial charge >= 0.3 is 0 Å². The van der Waals surface area contributed by atoms with Crippen LogP contribution in [0.4, 0.5) is 0 Å². The Morgan fingerprint density at radius 3 is 2.69 bits per heavy atom. The van der Waals surface area contributed by atoms with Crippen LogP contribution in [0.2, 0.25) is 0 Å². The first-order valence-corrected chi connectivity index (χ1v) is 7.04. The van der Waals surface area contributed by atoms with Crippen molar-refractivity contribution in [2.75, 3.05) is 11.5 Å². The van der Waals surface area contributed by atoms with Crippen LogP contribution in [0, 0.1) is 17.8 Å². The quantitative estimate of drug-likeness (QED) is 0.566. The molecular weight excluding hydrogens is 216 g/mol. The molecule has 0 saturated carbocycles. The molecule has 0 rings (SSSR count). The Balaban J connectivity index is 4.10. The molecule has 0 spiro atoms. The second-order valence-electron chi connectivity index (χ2n) is 4.51. The molecule has 2 atom stereocenters. The molecule has 0 bridgehead atoms. The summed E-state index contributed by atoms with van der Waals surface area (Å²) in [4.78, 5) is 0. The molecule has 2 unspecified atom stereocenters. The molecule has 0 fully saturated rings. The van der Waals surface area contributed by atoms with Crippen molar-refractivity contribution in [1.29, 1.82) is 0 Å². The van der Waals surface area contributed by atoms with E-state index >= 15 is 0 Å². The summed E-state index contributed by atoms with van der Waals surface area (Å²) in [6.45, 7) is 11.6. The highest BCUT2D eigenvalue weighted by Gasteiger charge is 2.25.